The molecular formula is C23H24N4O4S2. The van der Waals surface area contributed by atoms with Gasteiger partial charge in [-0.3, -0.25) is 19.5 Å². The second-order valence-corrected chi connectivity index (χ2v) is 9.46. The van der Waals surface area contributed by atoms with Crippen LogP contribution in [0.2, 0.25) is 0 Å². The van der Waals surface area contributed by atoms with Crippen molar-refractivity contribution in [2.45, 2.75) is 30.8 Å². The van der Waals surface area contributed by atoms with Gasteiger partial charge in [0.15, 0.2) is 5.16 Å². The highest BCUT2D eigenvalue weighted by molar-refractivity contribution is 7.99. The van der Waals surface area contributed by atoms with E-state index in [4.69, 9.17) is 9.72 Å². The van der Waals surface area contributed by atoms with E-state index in [0.717, 1.165) is 43.0 Å². The van der Waals surface area contributed by atoms with Crippen molar-refractivity contribution in [2.24, 2.45) is 0 Å². The lowest BCUT2D eigenvalue weighted by Gasteiger charge is -2.15. The Kier molecular flexibility index (Phi) is 7.14. The molecule has 3 amide bonds. The van der Waals surface area contributed by atoms with Crippen molar-refractivity contribution in [3.05, 3.63) is 57.7 Å². The first-order chi connectivity index (χ1) is 16.0. The molecule has 1 aliphatic rings. The quantitative estimate of drug-likeness (QED) is 0.303. The number of imide groups is 1. The third kappa shape index (κ3) is 4.81. The highest BCUT2D eigenvalue weighted by Crippen LogP contribution is 2.36. The van der Waals surface area contributed by atoms with Crippen LogP contribution in [0.3, 0.4) is 0 Å². The van der Waals surface area contributed by atoms with Crippen LogP contribution in [0.15, 0.2) is 46.9 Å². The zero-order valence-corrected chi connectivity index (χ0v) is 19.8. The van der Waals surface area contributed by atoms with Crippen molar-refractivity contribution >= 4 is 45.3 Å². The molecule has 8 nitrogen and oxygen atoms in total. The number of hydrogen-bond acceptors (Lipinski definition) is 7. The fourth-order valence-corrected chi connectivity index (χ4v) is 5.92. The maximum Gasteiger partial charge on any atom is 0.321 e. The van der Waals surface area contributed by atoms with Crippen LogP contribution in [0.25, 0.3) is 15.9 Å². The fourth-order valence-electron chi connectivity index (χ4n) is 3.81. The number of aryl methyl sites for hydroxylation is 2. The normalized spacial score (nSPS) is 12.8. The number of methoxy groups -OCH3 is 1. The highest BCUT2D eigenvalue weighted by atomic mass is 32.2. The average molecular weight is 485 g/mol. The number of para-hydroxylation sites is 2. The van der Waals surface area contributed by atoms with E-state index < -0.39 is 11.9 Å². The second kappa shape index (κ2) is 10.2. The topological polar surface area (TPSA) is 102 Å². The number of thiophene rings is 1. The summed E-state index contributed by atoms with van der Waals surface area (Å²) in [6.45, 7) is 3.77. The number of hydrogen-bond donors (Lipinski definition) is 2. The van der Waals surface area contributed by atoms with Crippen LogP contribution in [0, 0.1) is 0 Å². The van der Waals surface area contributed by atoms with Gasteiger partial charge in [0.1, 0.15) is 10.6 Å². The summed E-state index contributed by atoms with van der Waals surface area (Å²) in [6, 6.07) is 6.62. The molecule has 0 fully saturated rings. The number of nitrogens with zero attached hydrogens (tertiary/aromatic N) is 2. The second-order valence-electron chi connectivity index (χ2n) is 7.43. The third-order valence-corrected chi connectivity index (χ3v) is 7.40. The maximum absolute atomic E-state index is 13.8. The summed E-state index contributed by atoms with van der Waals surface area (Å²) in [7, 11) is 1.55. The smallest absolute Gasteiger partial charge is 0.321 e. The Hall–Kier alpha value is -3.11. The molecule has 0 bridgehead atoms. The molecule has 1 aromatic carbocycles. The minimum atomic E-state index is -0.600. The Labute approximate surface area is 199 Å². The molecule has 2 heterocycles. The van der Waals surface area contributed by atoms with E-state index in [1.54, 1.807) is 30.6 Å². The van der Waals surface area contributed by atoms with Crippen molar-refractivity contribution in [3.8, 4) is 11.4 Å². The minimum absolute atomic E-state index is 0.0836. The first-order valence-electron chi connectivity index (χ1n) is 10.6. The molecule has 172 valence electrons. The molecule has 10 heteroatoms. The Morgan fingerprint density at radius 1 is 1.30 bits per heavy atom. The SMILES string of the molecule is C=CCNC(=O)NC(=O)CSc1nc2sc3c(c2c(=O)n1-c1ccccc1OC)CCCC3. The molecule has 0 aliphatic heterocycles. The first-order valence-corrected chi connectivity index (χ1v) is 12.4. The molecule has 2 N–H and O–H groups in total. The molecule has 3 aromatic rings. The van der Waals surface area contributed by atoms with E-state index >= 15 is 0 Å². The number of benzene rings is 1. The summed E-state index contributed by atoms with van der Waals surface area (Å²) in [5.41, 5.74) is 1.48. The van der Waals surface area contributed by atoms with E-state index in [0.29, 0.717) is 26.8 Å². The Balaban J connectivity index is 1.74. The predicted molar refractivity (Wildman–Crippen MR) is 131 cm³/mol. The summed E-state index contributed by atoms with van der Waals surface area (Å²) in [6.07, 6.45) is 5.50. The number of amides is 3. The highest BCUT2D eigenvalue weighted by Gasteiger charge is 2.24. The van der Waals surface area contributed by atoms with Gasteiger partial charge >= 0.3 is 6.03 Å². The molecule has 0 atom stereocenters. The number of rotatable bonds is 7. The Morgan fingerprint density at radius 3 is 2.88 bits per heavy atom. The van der Waals surface area contributed by atoms with Gasteiger partial charge in [0, 0.05) is 11.4 Å². The van der Waals surface area contributed by atoms with Gasteiger partial charge in [0.25, 0.3) is 5.56 Å². The van der Waals surface area contributed by atoms with E-state index in [-0.39, 0.29) is 17.9 Å². The van der Waals surface area contributed by atoms with Gasteiger partial charge in [-0.15, -0.1) is 17.9 Å². The summed E-state index contributed by atoms with van der Waals surface area (Å²) in [5, 5.41) is 5.78. The van der Waals surface area contributed by atoms with Gasteiger partial charge < -0.3 is 10.1 Å². The molecule has 0 saturated carbocycles. The van der Waals surface area contributed by atoms with Crippen molar-refractivity contribution in [1.82, 2.24) is 20.2 Å². The molecule has 0 saturated heterocycles. The average Bonchev–Trinajstić information content (AvgIpc) is 3.20. The number of carbonyl (C=O) groups is 2. The molecule has 0 spiro atoms. The standard InChI is InChI=1S/C23H24N4O4S2/c1-3-12-24-22(30)25-18(28)13-32-23-26-20-19(14-8-4-7-11-17(14)33-20)21(29)27(23)15-9-5-6-10-16(15)31-2/h3,5-6,9-10H,1,4,7-8,11-13H2,2H3,(H2,24,25,28,30). The van der Waals surface area contributed by atoms with E-state index in [2.05, 4.69) is 17.2 Å². The maximum atomic E-state index is 13.8. The number of nitrogens with one attached hydrogen (secondary N) is 2. The zero-order chi connectivity index (χ0) is 23.4. The molecular weight excluding hydrogens is 460 g/mol. The molecule has 2 aromatic heterocycles. The Morgan fingerprint density at radius 2 is 2.09 bits per heavy atom. The molecule has 1 aliphatic carbocycles. The number of aromatic nitrogens is 2. The van der Waals surface area contributed by atoms with Gasteiger partial charge in [-0.05, 0) is 43.4 Å². The number of fused-ring (bicyclic) bond motifs is 3. The van der Waals surface area contributed by atoms with Gasteiger partial charge in [0.2, 0.25) is 5.91 Å². The number of thioether (sulfide) groups is 1. The summed E-state index contributed by atoms with van der Waals surface area (Å²) in [4.78, 5) is 44.5. The van der Waals surface area contributed by atoms with Crippen LogP contribution in [0.1, 0.15) is 23.3 Å². The monoisotopic (exact) mass is 484 g/mol. The number of carbonyl (C=O) groups excluding carboxylic acids is 2. The molecule has 0 unspecified atom stereocenters. The Bertz CT molecular complexity index is 1280. The van der Waals surface area contributed by atoms with Gasteiger partial charge in [-0.2, -0.15) is 0 Å². The predicted octanol–water partition coefficient (Wildman–Crippen LogP) is 3.44. The summed E-state index contributed by atoms with van der Waals surface area (Å²) in [5.74, 6) is -0.0485. The zero-order valence-electron chi connectivity index (χ0n) is 18.2. The van der Waals surface area contributed by atoms with Gasteiger partial charge in [-0.1, -0.05) is 30.0 Å². The molecule has 33 heavy (non-hydrogen) atoms. The lowest BCUT2D eigenvalue weighted by atomic mass is 9.97. The number of ether oxygens (including phenoxy) is 1. The molecule has 4 rings (SSSR count). The van der Waals surface area contributed by atoms with Crippen LogP contribution < -0.4 is 20.9 Å². The van der Waals surface area contributed by atoms with Crippen molar-refractivity contribution in [3.63, 3.8) is 0 Å². The van der Waals surface area contributed by atoms with Crippen LogP contribution in [0.4, 0.5) is 4.79 Å². The van der Waals surface area contributed by atoms with Crippen molar-refractivity contribution in [1.29, 1.82) is 0 Å². The summed E-state index contributed by atoms with van der Waals surface area (Å²) < 4.78 is 7.01. The van der Waals surface area contributed by atoms with E-state index in [1.807, 2.05) is 12.1 Å². The van der Waals surface area contributed by atoms with Crippen molar-refractivity contribution < 1.29 is 14.3 Å². The van der Waals surface area contributed by atoms with Crippen LogP contribution >= 0.6 is 23.1 Å². The largest absolute Gasteiger partial charge is 0.495 e. The van der Waals surface area contributed by atoms with Gasteiger partial charge in [0.05, 0.1) is 23.9 Å². The van der Waals surface area contributed by atoms with Crippen LogP contribution in [-0.2, 0) is 17.6 Å². The number of urea groups is 1. The molecule has 0 radical (unpaired) electrons. The first kappa shape index (κ1) is 23.1. The van der Waals surface area contributed by atoms with Crippen LogP contribution in [-0.4, -0.2) is 40.9 Å². The lowest BCUT2D eigenvalue weighted by molar-refractivity contribution is -0.117. The van der Waals surface area contributed by atoms with E-state index in [9.17, 15) is 14.4 Å². The minimum Gasteiger partial charge on any atom is -0.495 e. The van der Waals surface area contributed by atoms with Crippen molar-refractivity contribution in [2.75, 3.05) is 19.4 Å². The summed E-state index contributed by atoms with van der Waals surface area (Å²) >= 11 is 2.65. The fraction of sp³-hybridized carbons (Fsp3) is 0.304. The van der Waals surface area contributed by atoms with E-state index in [1.165, 1.54) is 15.5 Å². The van der Waals surface area contributed by atoms with Gasteiger partial charge in [-0.25, -0.2) is 9.78 Å². The third-order valence-electron chi connectivity index (χ3n) is 5.28. The van der Waals surface area contributed by atoms with Crippen LogP contribution in [0.5, 0.6) is 5.75 Å². The lowest BCUT2D eigenvalue weighted by Crippen LogP contribution is -2.40.